The number of alkyl halides is 1. The van der Waals surface area contributed by atoms with Gasteiger partial charge in [0.05, 0.1) is 6.42 Å². The normalized spacial score (nSPS) is 16.0. The van der Waals surface area contributed by atoms with Gasteiger partial charge in [0, 0.05) is 23.5 Å². The molecule has 1 aromatic carbocycles. The Hall–Kier alpha value is -0.970. The summed E-state index contributed by atoms with van der Waals surface area (Å²) in [5, 5.41) is 0.676. The lowest BCUT2D eigenvalue weighted by atomic mass is 9.93. The summed E-state index contributed by atoms with van der Waals surface area (Å²) in [4.78, 5) is 14.3. The van der Waals surface area contributed by atoms with E-state index in [1.807, 2.05) is 0 Å². The molecule has 1 saturated carbocycles. The highest BCUT2D eigenvalue weighted by atomic mass is 79.9. The molecule has 0 aromatic heterocycles. The van der Waals surface area contributed by atoms with E-state index in [-0.39, 0.29) is 23.9 Å². The van der Waals surface area contributed by atoms with E-state index in [0.29, 0.717) is 11.9 Å². The predicted molar refractivity (Wildman–Crippen MR) is 82.4 cm³/mol. The monoisotopic (exact) mass is 359 g/mol. The van der Waals surface area contributed by atoms with Crippen LogP contribution in [0.2, 0.25) is 0 Å². The Bertz CT molecular complexity index is 469. The quantitative estimate of drug-likeness (QED) is 0.725. The van der Waals surface area contributed by atoms with E-state index in [2.05, 4.69) is 15.9 Å². The highest BCUT2D eigenvalue weighted by Gasteiger charge is 2.26. The lowest BCUT2D eigenvalue weighted by Gasteiger charge is -2.34. The molecule has 1 fully saturated rings. The first kappa shape index (κ1) is 16.4. The van der Waals surface area contributed by atoms with Crippen LogP contribution < -0.4 is 0 Å². The molecule has 0 radical (unpaired) electrons. The molecule has 0 saturated heterocycles. The van der Waals surface area contributed by atoms with Crippen molar-refractivity contribution in [3.8, 4) is 0 Å². The first-order chi connectivity index (χ1) is 10.1. The summed E-state index contributed by atoms with van der Waals surface area (Å²) < 4.78 is 27.4. The number of amides is 1. The summed E-state index contributed by atoms with van der Waals surface area (Å²) in [6.45, 7) is 0.583. The Kier molecular flexibility index (Phi) is 6.15. The fourth-order valence-electron chi connectivity index (χ4n) is 2.95. The van der Waals surface area contributed by atoms with E-state index in [0.717, 1.165) is 25.7 Å². The van der Waals surface area contributed by atoms with Crippen LogP contribution in [0.3, 0.4) is 0 Å². The highest BCUT2D eigenvalue weighted by molar-refractivity contribution is 9.09. The highest BCUT2D eigenvalue weighted by Crippen LogP contribution is 2.24. The van der Waals surface area contributed by atoms with Gasteiger partial charge in [-0.05, 0) is 25.0 Å². The van der Waals surface area contributed by atoms with Gasteiger partial charge in [-0.1, -0.05) is 41.3 Å². The summed E-state index contributed by atoms with van der Waals surface area (Å²) in [5.74, 6) is -1.48. The Morgan fingerprint density at radius 2 is 1.81 bits per heavy atom. The van der Waals surface area contributed by atoms with Crippen LogP contribution in [0, 0.1) is 11.6 Å². The lowest BCUT2D eigenvalue weighted by Crippen LogP contribution is -2.43. The summed E-state index contributed by atoms with van der Waals surface area (Å²) in [6, 6.07) is 3.91. The number of hydrogen-bond donors (Lipinski definition) is 0. The zero-order chi connectivity index (χ0) is 15.2. The number of halogens is 3. The van der Waals surface area contributed by atoms with Crippen LogP contribution in [0.25, 0.3) is 0 Å². The van der Waals surface area contributed by atoms with Crippen molar-refractivity contribution < 1.29 is 13.6 Å². The van der Waals surface area contributed by atoms with Gasteiger partial charge < -0.3 is 4.90 Å². The number of nitrogens with zero attached hydrogens (tertiary/aromatic N) is 1. The minimum atomic E-state index is -0.647. The van der Waals surface area contributed by atoms with Gasteiger partial charge in [-0.25, -0.2) is 8.78 Å². The fourth-order valence-corrected chi connectivity index (χ4v) is 3.33. The van der Waals surface area contributed by atoms with Crippen LogP contribution >= 0.6 is 15.9 Å². The van der Waals surface area contributed by atoms with Crippen molar-refractivity contribution in [1.29, 1.82) is 0 Å². The zero-order valence-corrected chi connectivity index (χ0v) is 13.5. The van der Waals surface area contributed by atoms with Crippen LogP contribution in [0.15, 0.2) is 18.2 Å². The van der Waals surface area contributed by atoms with Crippen LogP contribution in [0.1, 0.15) is 37.7 Å². The van der Waals surface area contributed by atoms with E-state index in [4.69, 9.17) is 0 Å². The van der Waals surface area contributed by atoms with Gasteiger partial charge in [0.25, 0.3) is 0 Å². The molecule has 0 spiro atoms. The van der Waals surface area contributed by atoms with Crippen molar-refractivity contribution in [3.05, 3.63) is 35.4 Å². The molecule has 0 aliphatic heterocycles. The molecule has 1 amide bonds. The third-order valence-electron chi connectivity index (χ3n) is 4.05. The van der Waals surface area contributed by atoms with Crippen molar-refractivity contribution in [1.82, 2.24) is 4.90 Å². The minimum Gasteiger partial charge on any atom is -0.339 e. The summed E-state index contributed by atoms with van der Waals surface area (Å²) in [7, 11) is 0. The maximum absolute atomic E-state index is 13.7. The van der Waals surface area contributed by atoms with Crippen LogP contribution in [-0.4, -0.2) is 28.7 Å². The molecule has 5 heteroatoms. The van der Waals surface area contributed by atoms with Gasteiger partial charge in [-0.15, -0.1) is 0 Å². The molecule has 0 heterocycles. The molecule has 21 heavy (non-hydrogen) atoms. The molecule has 0 bridgehead atoms. The Morgan fingerprint density at radius 3 is 2.38 bits per heavy atom. The topological polar surface area (TPSA) is 20.3 Å². The van der Waals surface area contributed by atoms with Crippen LogP contribution in [0.4, 0.5) is 8.78 Å². The molecule has 1 aliphatic carbocycles. The first-order valence-corrected chi connectivity index (χ1v) is 8.54. The van der Waals surface area contributed by atoms with Gasteiger partial charge >= 0.3 is 0 Å². The smallest absolute Gasteiger partial charge is 0.227 e. The average molecular weight is 360 g/mol. The van der Waals surface area contributed by atoms with E-state index in [1.54, 1.807) is 4.90 Å². The van der Waals surface area contributed by atoms with E-state index >= 15 is 0 Å². The molecule has 116 valence electrons. The number of benzene rings is 1. The molecular weight excluding hydrogens is 340 g/mol. The summed E-state index contributed by atoms with van der Waals surface area (Å²) in [5.41, 5.74) is -0.127. The molecule has 2 rings (SSSR count). The van der Waals surface area contributed by atoms with Gasteiger partial charge in [0.15, 0.2) is 0 Å². The number of carbonyl (C=O) groups excluding carboxylic acids is 1. The fraction of sp³-hybridized carbons (Fsp3) is 0.562. The predicted octanol–water partition coefficient (Wildman–Crippen LogP) is 4.06. The van der Waals surface area contributed by atoms with Gasteiger partial charge in [0.2, 0.25) is 5.91 Å². The first-order valence-electron chi connectivity index (χ1n) is 7.42. The van der Waals surface area contributed by atoms with Gasteiger partial charge in [-0.3, -0.25) is 4.79 Å². The second kappa shape index (κ2) is 7.87. The molecule has 1 aromatic rings. The largest absolute Gasteiger partial charge is 0.339 e. The molecular formula is C16H20BrF2NO. The Balaban J connectivity index is 2.11. The molecule has 1 aliphatic rings. The summed E-state index contributed by atoms with van der Waals surface area (Å²) >= 11 is 3.36. The maximum Gasteiger partial charge on any atom is 0.227 e. The molecule has 2 nitrogen and oxygen atoms in total. The van der Waals surface area contributed by atoms with E-state index in [9.17, 15) is 13.6 Å². The Labute approximate surface area is 132 Å². The van der Waals surface area contributed by atoms with Gasteiger partial charge in [0.1, 0.15) is 11.6 Å². The molecule has 0 N–H and O–H groups in total. The molecule has 0 unspecified atom stereocenters. The van der Waals surface area contributed by atoms with Gasteiger partial charge in [-0.2, -0.15) is 0 Å². The molecule has 0 atom stereocenters. The minimum absolute atomic E-state index is 0.127. The zero-order valence-electron chi connectivity index (χ0n) is 12.0. The number of carbonyl (C=O) groups is 1. The summed E-state index contributed by atoms with van der Waals surface area (Å²) in [6.07, 6.45) is 5.20. The van der Waals surface area contributed by atoms with Crippen molar-refractivity contribution in [2.45, 2.75) is 44.6 Å². The lowest BCUT2D eigenvalue weighted by molar-refractivity contribution is -0.133. The standard InChI is InChI=1S/C16H20BrF2NO/c17-9-10-20(12-5-2-1-3-6-12)16(21)11-13-14(18)7-4-8-15(13)19/h4,7-8,12H,1-3,5-6,9-11H2. The third kappa shape index (κ3) is 4.25. The van der Waals surface area contributed by atoms with Crippen molar-refractivity contribution in [2.24, 2.45) is 0 Å². The Morgan fingerprint density at radius 1 is 1.19 bits per heavy atom. The van der Waals surface area contributed by atoms with Crippen molar-refractivity contribution in [3.63, 3.8) is 0 Å². The van der Waals surface area contributed by atoms with Crippen LogP contribution in [-0.2, 0) is 11.2 Å². The number of rotatable bonds is 5. The second-order valence-corrected chi connectivity index (χ2v) is 6.24. The van der Waals surface area contributed by atoms with E-state index in [1.165, 1.54) is 24.6 Å². The average Bonchev–Trinajstić information content (AvgIpc) is 2.49. The number of hydrogen-bond acceptors (Lipinski definition) is 1. The maximum atomic E-state index is 13.7. The van der Waals surface area contributed by atoms with Crippen molar-refractivity contribution >= 4 is 21.8 Å². The van der Waals surface area contributed by atoms with E-state index < -0.39 is 11.6 Å². The van der Waals surface area contributed by atoms with Crippen LogP contribution in [0.5, 0.6) is 0 Å². The third-order valence-corrected chi connectivity index (χ3v) is 4.41. The SMILES string of the molecule is O=C(Cc1c(F)cccc1F)N(CCBr)C1CCCCC1. The van der Waals surface area contributed by atoms with Crippen molar-refractivity contribution in [2.75, 3.05) is 11.9 Å². The second-order valence-electron chi connectivity index (χ2n) is 5.44.